The number of Topliss-reactive ketones (excluding diaryl/α,β-unsaturated/α-hetero) is 2. The summed E-state index contributed by atoms with van der Waals surface area (Å²) in [6.45, 7) is 9.59. The molecule has 1 spiro atoms. The van der Waals surface area contributed by atoms with Gasteiger partial charge in [0.05, 0.1) is 5.57 Å². The molecule has 0 aromatic heterocycles. The summed E-state index contributed by atoms with van der Waals surface area (Å²) in [5.74, 6) is -0.354. The number of carbonyl (C=O) groups excluding carboxylic acids is 2. The molecule has 0 unspecified atom stereocenters. The minimum atomic E-state index is -0.194. The second-order valence-electron chi connectivity index (χ2n) is 14.2. The van der Waals surface area contributed by atoms with Crippen LogP contribution >= 0.6 is 0 Å². The predicted molar refractivity (Wildman–Crippen MR) is 197 cm³/mol. The lowest BCUT2D eigenvalue weighted by Crippen LogP contribution is -2.33. The third kappa shape index (κ3) is 4.79. The van der Waals surface area contributed by atoms with Gasteiger partial charge in [0, 0.05) is 34.5 Å². The number of nitrogens with zero attached hydrogens (tertiary/aromatic N) is 1. The fourth-order valence-electron chi connectivity index (χ4n) is 8.89. The fourth-order valence-corrected chi connectivity index (χ4v) is 8.89. The maximum absolute atomic E-state index is 13.8. The van der Waals surface area contributed by atoms with E-state index in [9.17, 15) is 9.59 Å². The van der Waals surface area contributed by atoms with Gasteiger partial charge in [-0.1, -0.05) is 91.6 Å². The molecule has 3 aliphatic rings. The number of aryl methyl sites for hydroxylation is 4. The molecule has 0 N–H and O–H groups in total. The zero-order chi connectivity index (χ0) is 33.2. The lowest BCUT2D eigenvalue weighted by molar-refractivity contribution is 0.0988. The third-order valence-electron chi connectivity index (χ3n) is 11.0. The molecule has 238 valence electrons. The van der Waals surface area contributed by atoms with Crippen molar-refractivity contribution in [2.24, 2.45) is 0 Å². The molecule has 48 heavy (non-hydrogen) atoms. The average molecular weight is 628 g/mol. The fraction of sp³-hybridized carbons (Fsp3) is 0.244. The molecule has 1 aliphatic heterocycles. The van der Waals surface area contributed by atoms with E-state index in [0.717, 1.165) is 43.0 Å². The second-order valence-corrected chi connectivity index (χ2v) is 14.2. The molecule has 0 atom stereocenters. The van der Waals surface area contributed by atoms with Gasteiger partial charge in [0.1, 0.15) is 0 Å². The predicted octanol–water partition coefficient (Wildman–Crippen LogP) is 10.9. The minimum Gasteiger partial charge on any atom is -0.340 e. The number of rotatable bonds is 4. The summed E-state index contributed by atoms with van der Waals surface area (Å²) in [5, 5.41) is 1.95. The maximum Gasteiger partial charge on any atom is 0.197 e. The molecule has 5 aromatic carbocycles. The number of benzene rings is 5. The van der Waals surface area contributed by atoms with Gasteiger partial charge < -0.3 is 4.90 Å². The van der Waals surface area contributed by atoms with Crippen LogP contribution in [0.2, 0.25) is 0 Å². The van der Waals surface area contributed by atoms with E-state index in [2.05, 4.69) is 93.3 Å². The van der Waals surface area contributed by atoms with Crippen LogP contribution < -0.4 is 4.90 Å². The second kappa shape index (κ2) is 11.6. The lowest BCUT2D eigenvalue weighted by atomic mass is 9.68. The van der Waals surface area contributed by atoms with Crippen molar-refractivity contribution in [3.8, 4) is 11.1 Å². The van der Waals surface area contributed by atoms with Crippen LogP contribution in [-0.2, 0) is 12.0 Å². The highest BCUT2D eigenvalue weighted by atomic mass is 16.2. The van der Waals surface area contributed by atoms with E-state index in [1.165, 1.54) is 62.3 Å². The quantitative estimate of drug-likeness (QED) is 0.147. The van der Waals surface area contributed by atoms with E-state index in [-0.39, 0.29) is 22.6 Å². The van der Waals surface area contributed by atoms with E-state index < -0.39 is 0 Å². The topological polar surface area (TPSA) is 37.4 Å². The Bertz CT molecular complexity index is 2130. The number of carbonyl (C=O) groups is 2. The highest BCUT2D eigenvalue weighted by molar-refractivity contribution is 6.40. The number of fused-ring (bicyclic) bond motifs is 4. The molecule has 8 rings (SSSR count). The lowest BCUT2D eigenvalue weighted by Gasteiger charge is -2.37. The van der Waals surface area contributed by atoms with Gasteiger partial charge in [-0.25, -0.2) is 0 Å². The molecular formula is C45H41NO2. The van der Waals surface area contributed by atoms with Gasteiger partial charge in [0.2, 0.25) is 0 Å². The van der Waals surface area contributed by atoms with E-state index in [4.69, 9.17) is 0 Å². The van der Waals surface area contributed by atoms with Crippen molar-refractivity contribution >= 4 is 28.0 Å². The van der Waals surface area contributed by atoms with Crippen LogP contribution in [0.25, 0.3) is 21.9 Å². The maximum atomic E-state index is 13.8. The first-order valence-corrected chi connectivity index (χ1v) is 17.3. The Morgan fingerprint density at radius 3 is 1.88 bits per heavy atom. The summed E-state index contributed by atoms with van der Waals surface area (Å²) in [7, 11) is 0. The molecule has 0 saturated heterocycles. The molecule has 0 bridgehead atoms. The highest BCUT2D eigenvalue weighted by Gasteiger charge is 2.48. The first-order chi connectivity index (χ1) is 23.2. The van der Waals surface area contributed by atoms with Crippen molar-refractivity contribution in [3.05, 3.63) is 159 Å². The first kappa shape index (κ1) is 30.3. The summed E-state index contributed by atoms with van der Waals surface area (Å²) < 4.78 is 0. The van der Waals surface area contributed by atoms with Crippen LogP contribution in [0.4, 0.5) is 5.69 Å². The van der Waals surface area contributed by atoms with Gasteiger partial charge in [-0.2, -0.15) is 0 Å². The molecule has 0 amide bonds. The largest absolute Gasteiger partial charge is 0.340 e. The Morgan fingerprint density at radius 1 is 0.646 bits per heavy atom. The summed E-state index contributed by atoms with van der Waals surface area (Å²) in [6, 6.07) is 31.8. The summed E-state index contributed by atoms with van der Waals surface area (Å²) in [4.78, 5) is 30.1. The van der Waals surface area contributed by atoms with E-state index in [1.807, 2.05) is 42.5 Å². The van der Waals surface area contributed by atoms with Gasteiger partial charge in [0.15, 0.2) is 11.6 Å². The summed E-state index contributed by atoms with van der Waals surface area (Å²) in [6.07, 6.45) is 9.57. The summed E-state index contributed by atoms with van der Waals surface area (Å²) in [5.41, 5.74) is 13.9. The molecule has 0 radical (unpaired) electrons. The smallest absolute Gasteiger partial charge is 0.197 e. The zero-order valence-electron chi connectivity index (χ0n) is 28.3. The molecule has 1 fully saturated rings. The van der Waals surface area contributed by atoms with Crippen LogP contribution in [0.15, 0.2) is 114 Å². The third-order valence-corrected chi connectivity index (χ3v) is 11.0. The standard InChI is InChI=1S/C45H41NO2/c1-28-21-30(3)42(31(4)22-28)36-26-39-40(23-29(36)2)46(27-32-13-7-5-8-14-32)41(45(39)19-11-6-12-20-45)18-17-35-43(47)37-24-33-15-9-10-16-34(33)25-38(37)44(35)48/h5,7-10,13-18,21-26H,6,11-12,19-20,27H2,1-4H3/b41-18-. The molecule has 3 heteroatoms. The molecule has 1 heterocycles. The van der Waals surface area contributed by atoms with Crippen LogP contribution in [0.1, 0.15) is 86.2 Å². The number of allylic oxidation sites excluding steroid dienone is 4. The van der Waals surface area contributed by atoms with Crippen molar-refractivity contribution in [1.29, 1.82) is 0 Å². The molecule has 1 saturated carbocycles. The minimum absolute atomic E-state index is 0.177. The van der Waals surface area contributed by atoms with Crippen molar-refractivity contribution in [2.75, 3.05) is 4.90 Å². The van der Waals surface area contributed by atoms with Gasteiger partial charge in [-0.3, -0.25) is 9.59 Å². The van der Waals surface area contributed by atoms with E-state index in [1.54, 1.807) is 0 Å². The Kier molecular flexibility index (Phi) is 7.32. The van der Waals surface area contributed by atoms with Gasteiger partial charge in [0.25, 0.3) is 0 Å². The molecule has 2 aliphatic carbocycles. The molecule has 5 aromatic rings. The Hall–Kier alpha value is -5.02. The summed E-state index contributed by atoms with van der Waals surface area (Å²) >= 11 is 0. The zero-order valence-corrected chi connectivity index (χ0v) is 28.3. The van der Waals surface area contributed by atoms with Crippen molar-refractivity contribution in [3.63, 3.8) is 0 Å². The van der Waals surface area contributed by atoms with Crippen molar-refractivity contribution in [2.45, 2.75) is 71.8 Å². The van der Waals surface area contributed by atoms with Gasteiger partial charge >= 0.3 is 0 Å². The number of ketones is 2. The first-order valence-electron chi connectivity index (χ1n) is 17.3. The highest BCUT2D eigenvalue weighted by Crippen LogP contribution is 2.57. The van der Waals surface area contributed by atoms with Crippen LogP contribution in [0, 0.1) is 27.7 Å². The van der Waals surface area contributed by atoms with E-state index >= 15 is 0 Å². The molecular weight excluding hydrogens is 587 g/mol. The van der Waals surface area contributed by atoms with Crippen LogP contribution in [-0.4, -0.2) is 11.6 Å². The van der Waals surface area contributed by atoms with Gasteiger partial charge in [-0.15, -0.1) is 0 Å². The van der Waals surface area contributed by atoms with Crippen molar-refractivity contribution in [1.82, 2.24) is 0 Å². The van der Waals surface area contributed by atoms with Crippen molar-refractivity contribution < 1.29 is 9.59 Å². The van der Waals surface area contributed by atoms with Crippen LogP contribution in [0.5, 0.6) is 0 Å². The van der Waals surface area contributed by atoms with Crippen LogP contribution in [0.3, 0.4) is 0 Å². The van der Waals surface area contributed by atoms with Gasteiger partial charge in [-0.05, 0) is 127 Å². The number of hydrogen-bond acceptors (Lipinski definition) is 3. The molecule has 3 nitrogen and oxygen atoms in total. The Balaban J connectivity index is 1.31. The monoisotopic (exact) mass is 627 g/mol. The number of anilines is 1. The Morgan fingerprint density at radius 2 is 1.25 bits per heavy atom. The Labute approximate surface area is 283 Å². The SMILES string of the molecule is Cc1cc(C)c(-c2cc3c(cc2C)N(Cc2ccccc2)/C(=C\C=C2C(=O)c4cc5ccccc5cc4C2=O)C32CCCCC2)c(C)c1. The average Bonchev–Trinajstić information content (AvgIpc) is 3.44. The number of hydrogen-bond donors (Lipinski definition) is 0. The van der Waals surface area contributed by atoms with E-state index in [0.29, 0.717) is 11.1 Å². The normalized spacial score (nSPS) is 17.5.